The molecule has 1 aromatic heterocycles. The summed E-state index contributed by atoms with van der Waals surface area (Å²) >= 11 is 1.40. The zero-order valence-electron chi connectivity index (χ0n) is 15.0. The maximum absolute atomic E-state index is 12.6. The Morgan fingerprint density at radius 2 is 2.04 bits per heavy atom. The van der Waals surface area contributed by atoms with Crippen LogP contribution in [0.15, 0.2) is 36.4 Å². The summed E-state index contributed by atoms with van der Waals surface area (Å²) < 4.78 is 17.8. The first-order valence-corrected chi connectivity index (χ1v) is 9.79. The van der Waals surface area contributed by atoms with Crippen molar-refractivity contribution in [1.82, 2.24) is 4.98 Å². The average Bonchev–Trinajstić information content (AvgIpc) is 3.07. The molecule has 140 valence electrons. The van der Waals surface area contributed by atoms with E-state index in [1.807, 2.05) is 24.3 Å². The maximum Gasteiger partial charge on any atom is 0.257 e. The normalized spacial score (nSPS) is 12.8. The third-order valence-corrected chi connectivity index (χ3v) is 5.07. The molecule has 3 aromatic rings. The van der Waals surface area contributed by atoms with E-state index in [1.165, 1.54) is 11.3 Å². The number of benzene rings is 2. The molecule has 1 N–H and O–H groups in total. The lowest BCUT2D eigenvalue weighted by Gasteiger charge is -2.17. The third-order valence-electron chi connectivity index (χ3n) is 4.14. The Morgan fingerprint density at radius 1 is 1.22 bits per heavy atom. The number of thiazole rings is 1. The predicted molar refractivity (Wildman–Crippen MR) is 105 cm³/mol. The number of anilines is 1. The number of hydrogen-bond acceptors (Lipinski definition) is 6. The molecule has 0 saturated carbocycles. The van der Waals surface area contributed by atoms with Gasteiger partial charge in [0.25, 0.3) is 5.91 Å². The van der Waals surface area contributed by atoms with Gasteiger partial charge in [-0.05, 0) is 24.6 Å². The van der Waals surface area contributed by atoms with Crippen molar-refractivity contribution in [3.8, 4) is 17.2 Å². The van der Waals surface area contributed by atoms with Crippen LogP contribution >= 0.6 is 11.3 Å². The fourth-order valence-corrected chi connectivity index (χ4v) is 3.62. The number of rotatable bonds is 6. The second kappa shape index (κ2) is 7.84. The molecule has 0 spiro atoms. The zero-order valence-corrected chi connectivity index (χ0v) is 15.8. The second-order valence-corrected chi connectivity index (χ2v) is 7.20. The monoisotopic (exact) mass is 384 g/mol. The summed E-state index contributed by atoms with van der Waals surface area (Å²) in [5, 5.41) is 3.40. The fourth-order valence-electron chi connectivity index (χ4n) is 2.75. The van der Waals surface area contributed by atoms with Crippen LogP contribution in [0.25, 0.3) is 10.2 Å². The molecule has 7 heteroatoms. The van der Waals surface area contributed by atoms with E-state index in [4.69, 9.17) is 14.2 Å². The lowest BCUT2D eigenvalue weighted by atomic mass is 10.2. The predicted octanol–water partition coefficient (Wildman–Crippen LogP) is 4.50. The molecule has 1 aliphatic rings. The van der Waals surface area contributed by atoms with Gasteiger partial charge >= 0.3 is 0 Å². The number of ether oxygens (including phenoxy) is 3. The number of nitrogens with zero attached hydrogens (tertiary/aromatic N) is 1. The van der Waals surface area contributed by atoms with Crippen LogP contribution in [-0.2, 0) is 0 Å². The van der Waals surface area contributed by atoms with E-state index < -0.39 is 0 Å². The van der Waals surface area contributed by atoms with E-state index in [2.05, 4.69) is 17.2 Å². The molecular weight excluding hydrogens is 364 g/mol. The van der Waals surface area contributed by atoms with Crippen LogP contribution in [0.1, 0.15) is 30.1 Å². The molecule has 6 nitrogen and oxygen atoms in total. The molecule has 2 aromatic carbocycles. The molecule has 1 amide bonds. The first kappa shape index (κ1) is 17.6. The first-order valence-electron chi connectivity index (χ1n) is 8.97. The van der Waals surface area contributed by atoms with E-state index in [9.17, 15) is 4.79 Å². The largest absolute Gasteiger partial charge is 0.494 e. The van der Waals surface area contributed by atoms with Crippen molar-refractivity contribution in [2.24, 2.45) is 0 Å². The van der Waals surface area contributed by atoms with E-state index >= 15 is 0 Å². The van der Waals surface area contributed by atoms with Crippen LogP contribution in [0.4, 0.5) is 5.13 Å². The Bertz CT molecular complexity index is 927. The molecule has 27 heavy (non-hydrogen) atoms. The SMILES string of the molecule is CCCCOc1cccc(C(=O)Nc2nc3cc4c(cc3s2)OCCO4)c1. The van der Waals surface area contributed by atoms with Crippen LogP contribution < -0.4 is 19.5 Å². The standard InChI is InChI=1S/C20H20N2O4S/c1-2-3-7-24-14-6-4-5-13(10-14)19(23)22-20-21-15-11-16-17(12-18(15)27-20)26-9-8-25-16/h4-6,10-12H,2-3,7-9H2,1H3,(H,21,22,23). The van der Waals surface area contributed by atoms with Crippen LogP contribution in [0.5, 0.6) is 17.2 Å². The van der Waals surface area contributed by atoms with Gasteiger partial charge in [0.1, 0.15) is 19.0 Å². The molecule has 4 rings (SSSR count). The number of aromatic nitrogens is 1. The average molecular weight is 384 g/mol. The van der Waals surface area contributed by atoms with Gasteiger partial charge in [-0.2, -0.15) is 0 Å². The van der Waals surface area contributed by atoms with E-state index in [-0.39, 0.29) is 5.91 Å². The number of carbonyl (C=O) groups is 1. The molecule has 0 atom stereocenters. The molecular formula is C20H20N2O4S. The smallest absolute Gasteiger partial charge is 0.257 e. The molecule has 1 aliphatic heterocycles. The Labute approximate surface area is 161 Å². The van der Waals surface area contributed by atoms with Gasteiger partial charge < -0.3 is 14.2 Å². The van der Waals surface area contributed by atoms with Crippen LogP contribution in [0.3, 0.4) is 0 Å². The number of hydrogen-bond donors (Lipinski definition) is 1. The highest BCUT2D eigenvalue weighted by Crippen LogP contribution is 2.37. The summed E-state index contributed by atoms with van der Waals surface area (Å²) in [5.41, 5.74) is 1.31. The van der Waals surface area contributed by atoms with Crippen LogP contribution in [0.2, 0.25) is 0 Å². The van der Waals surface area contributed by atoms with Crippen LogP contribution in [0, 0.1) is 0 Å². The Balaban J connectivity index is 1.50. The highest BCUT2D eigenvalue weighted by Gasteiger charge is 2.16. The van der Waals surface area contributed by atoms with E-state index in [1.54, 1.807) is 12.1 Å². The van der Waals surface area contributed by atoms with Gasteiger partial charge in [-0.3, -0.25) is 10.1 Å². The zero-order chi connectivity index (χ0) is 18.6. The summed E-state index contributed by atoms with van der Waals surface area (Å²) in [4.78, 5) is 17.1. The highest BCUT2D eigenvalue weighted by atomic mass is 32.1. The minimum Gasteiger partial charge on any atom is -0.494 e. The van der Waals surface area contributed by atoms with Crippen molar-refractivity contribution >= 4 is 32.6 Å². The first-order chi connectivity index (χ1) is 13.2. The third kappa shape index (κ3) is 3.98. The quantitative estimate of drug-likeness (QED) is 0.634. The van der Waals surface area contributed by atoms with Crippen LogP contribution in [-0.4, -0.2) is 30.7 Å². The minimum absolute atomic E-state index is 0.215. The number of nitrogens with one attached hydrogen (secondary N) is 1. The van der Waals surface area contributed by atoms with Crippen molar-refractivity contribution in [3.05, 3.63) is 42.0 Å². The van der Waals surface area contributed by atoms with Gasteiger partial charge in [0.15, 0.2) is 16.6 Å². The molecule has 0 unspecified atom stereocenters. The summed E-state index contributed by atoms with van der Waals surface area (Å²) in [6.45, 7) is 3.83. The summed E-state index contributed by atoms with van der Waals surface area (Å²) in [6, 6.07) is 10.9. The van der Waals surface area contributed by atoms with Gasteiger partial charge in [-0.1, -0.05) is 30.7 Å². The Morgan fingerprint density at radius 3 is 2.85 bits per heavy atom. The van der Waals surface area contributed by atoms with Gasteiger partial charge in [0.05, 0.1) is 16.8 Å². The van der Waals surface area contributed by atoms with Crippen molar-refractivity contribution < 1.29 is 19.0 Å². The number of carbonyl (C=O) groups excluding carboxylic acids is 1. The van der Waals surface area contributed by atoms with E-state index in [0.717, 1.165) is 23.1 Å². The minimum atomic E-state index is -0.215. The second-order valence-electron chi connectivity index (χ2n) is 6.17. The summed E-state index contributed by atoms with van der Waals surface area (Å²) in [5.74, 6) is 1.88. The number of fused-ring (bicyclic) bond motifs is 2. The van der Waals surface area contributed by atoms with Crippen molar-refractivity contribution in [2.75, 3.05) is 25.1 Å². The maximum atomic E-state index is 12.6. The summed E-state index contributed by atoms with van der Waals surface area (Å²) in [6.07, 6.45) is 2.05. The topological polar surface area (TPSA) is 69.7 Å². The fraction of sp³-hybridized carbons (Fsp3) is 0.300. The van der Waals surface area contributed by atoms with E-state index in [0.29, 0.717) is 47.8 Å². The molecule has 0 fully saturated rings. The van der Waals surface area contributed by atoms with Crippen molar-refractivity contribution in [2.45, 2.75) is 19.8 Å². The van der Waals surface area contributed by atoms with Gasteiger partial charge in [0, 0.05) is 17.7 Å². The van der Waals surface area contributed by atoms with Crippen molar-refractivity contribution in [3.63, 3.8) is 0 Å². The van der Waals surface area contributed by atoms with Gasteiger partial charge in [-0.15, -0.1) is 0 Å². The van der Waals surface area contributed by atoms with Crippen molar-refractivity contribution in [1.29, 1.82) is 0 Å². The molecule has 0 bridgehead atoms. The lowest BCUT2D eigenvalue weighted by Crippen LogP contribution is -2.15. The Hall–Kier alpha value is -2.80. The molecule has 0 radical (unpaired) electrons. The number of unbranched alkanes of at least 4 members (excludes halogenated alkanes) is 1. The lowest BCUT2D eigenvalue weighted by molar-refractivity contribution is 0.102. The molecule has 0 saturated heterocycles. The summed E-state index contributed by atoms with van der Waals surface area (Å²) in [7, 11) is 0. The van der Waals surface area contributed by atoms with Gasteiger partial charge in [-0.25, -0.2) is 4.98 Å². The molecule has 2 heterocycles. The molecule has 0 aliphatic carbocycles. The highest BCUT2D eigenvalue weighted by molar-refractivity contribution is 7.22. The van der Waals surface area contributed by atoms with Gasteiger partial charge in [0.2, 0.25) is 0 Å². The Kier molecular flexibility index (Phi) is 5.11. The number of amides is 1.